The topological polar surface area (TPSA) is 72.8 Å². The summed E-state index contributed by atoms with van der Waals surface area (Å²) in [6.07, 6.45) is 2.30. The van der Waals surface area contributed by atoms with E-state index >= 15 is 0 Å². The first-order valence-electron chi connectivity index (χ1n) is 6.82. The van der Waals surface area contributed by atoms with Gasteiger partial charge in [0.15, 0.2) is 8.32 Å². The highest BCUT2D eigenvalue weighted by atomic mass is 28.4. The van der Waals surface area contributed by atoms with Gasteiger partial charge in [0, 0.05) is 12.2 Å². The van der Waals surface area contributed by atoms with Crippen LogP contribution in [0.2, 0.25) is 18.1 Å². The van der Waals surface area contributed by atoms with Gasteiger partial charge in [-0.1, -0.05) is 27.4 Å². The Balaban J connectivity index is 5.19. The maximum Gasteiger partial charge on any atom is 0.330 e. The molecule has 0 aromatic heterocycles. The molecule has 0 aliphatic rings. The van der Waals surface area contributed by atoms with Gasteiger partial charge in [-0.2, -0.15) is 0 Å². The third-order valence-electron chi connectivity index (χ3n) is 3.60. The predicted molar refractivity (Wildman–Crippen MR) is 84.6 cm³/mol. The Labute approximate surface area is 127 Å². The molecule has 0 unspecified atom stereocenters. The smallest absolute Gasteiger partial charge is 0.330 e. The summed E-state index contributed by atoms with van der Waals surface area (Å²) in [5.74, 6) is -1.63. The minimum absolute atomic E-state index is 0.0372. The molecule has 0 saturated heterocycles. The van der Waals surface area contributed by atoms with Crippen molar-refractivity contribution in [3.05, 3.63) is 24.8 Å². The molecule has 0 heterocycles. The van der Waals surface area contributed by atoms with E-state index in [1.807, 2.05) is 0 Å². The van der Waals surface area contributed by atoms with Gasteiger partial charge >= 0.3 is 11.9 Å². The highest BCUT2D eigenvalue weighted by molar-refractivity contribution is 6.74. The Morgan fingerprint density at radius 1 is 1.29 bits per heavy atom. The van der Waals surface area contributed by atoms with Crippen molar-refractivity contribution in [3.8, 4) is 0 Å². The van der Waals surface area contributed by atoms with Crippen molar-refractivity contribution in [2.75, 3.05) is 0 Å². The lowest BCUT2D eigenvalue weighted by atomic mass is 10.2. The van der Waals surface area contributed by atoms with Crippen LogP contribution in [0.5, 0.6) is 0 Å². The summed E-state index contributed by atoms with van der Waals surface area (Å²) in [7, 11) is -2.13. The second-order valence-corrected chi connectivity index (χ2v) is 11.1. The van der Waals surface area contributed by atoms with Crippen LogP contribution in [0.3, 0.4) is 0 Å². The maximum absolute atomic E-state index is 11.3. The van der Waals surface area contributed by atoms with Crippen LogP contribution in [0.1, 0.15) is 27.7 Å². The van der Waals surface area contributed by atoms with Crippen LogP contribution in [0, 0.1) is 0 Å². The normalized spacial score (nSPS) is 15.5. The molecule has 120 valence electrons. The molecule has 0 spiro atoms. The van der Waals surface area contributed by atoms with Crippen molar-refractivity contribution < 1.29 is 23.9 Å². The summed E-state index contributed by atoms with van der Waals surface area (Å²) < 4.78 is 11.3. The quantitative estimate of drug-likeness (QED) is 0.444. The van der Waals surface area contributed by atoms with Gasteiger partial charge in [0.05, 0.1) is 0 Å². The van der Waals surface area contributed by atoms with Crippen LogP contribution in [-0.4, -0.2) is 37.6 Å². The number of carbonyl (C=O) groups is 2. The Kier molecular flexibility index (Phi) is 7.06. The number of ether oxygens (including phenoxy) is 1. The molecule has 21 heavy (non-hydrogen) atoms. The number of aliphatic carboxylic acids is 1. The first-order valence-corrected chi connectivity index (χ1v) is 9.73. The SMILES string of the molecule is C=CC(=O)O[C@@H](C)[C@@H](/C=C/C(=O)O)O[Si](C)(C)C(C)(C)C. The molecule has 0 rings (SSSR count). The van der Waals surface area contributed by atoms with Gasteiger partial charge in [0.2, 0.25) is 0 Å². The highest BCUT2D eigenvalue weighted by Crippen LogP contribution is 2.37. The predicted octanol–water partition coefficient (Wildman–Crippen LogP) is 3.14. The fourth-order valence-electron chi connectivity index (χ4n) is 1.28. The fraction of sp³-hybridized carbons (Fsp3) is 0.600. The lowest BCUT2D eigenvalue weighted by molar-refractivity contribution is -0.145. The second kappa shape index (κ2) is 7.56. The molecule has 2 atom stereocenters. The largest absolute Gasteiger partial charge is 0.478 e. The third-order valence-corrected chi connectivity index (χ3v) is 8.07. The first kappa shape index (κ1) is 19.6. The molecule has 0 amide bonds. The highest BCUT2D eigenvalue weighted by Gasteiger charge is 2.40. The molecule has 0 radical (unpaired) electrons. The van der Waals surface area contributed by atoms with E-state index in [9.17, 15) is 9.59 Å². The van der Waals surface area contributed by atoms with Crippen LogP contribution in [0.15, 0.2) is 24.8 Å². The van der Waals surface area contributed by atoms with E-state index in [0.29, 0.717) is 0 Å². The van der Waals surface area contributed by atoms with Crippen molar-refractivity contribution in [2.24, 2.45) is 0 Å². The van der Waals surface area contributed by atoms with Crippen molar-refractivity contribution in [3.63, 3.8) is 0 Å². The monoisotopic (exact) mass is 314 g/mol. The molecule has 1 N–H and O–H groups in total. The number of hydrogen-bond donors (Lipinski definition) is 1. The summed E-state index contributed by atoms with van der Waals surface area (Å²) >= 11 is 0. The average molecular weight is 314 g/mol. The number of rotatable bonds is 7. The van der Waals surface area contributed by atoms with Crippen molar-refractivity contribution in [2.45, 2.75) is 58.0 Å². The second-order valence-electron chi connectivity index (χ2n) is 6.39. The third kappa shape index (κ3) is 6.73. The van der Waals surface area contributed by atoms with Crippen molar-refractivity contribution >= 4 is 20.3 Å². The van der Waals surface area contributed by atoms with Crippen LogP contribution in [0.4, 0.5) is 0 Å². The summed E-state index contributed by atoms with van der Waals surface area (Å²) in [6, 6.07) is 0. The van der Waals surface area contributed by atoms with Crippen LogP contribution >= 0.6 is 0 Å². The van der Waals surface area contributed by atoms with E-state index in [1.54, 1.807) is 6.92 Å². The van der Waals surface area contributed by atoms with Gasteiger partial charge in [-0.25, -0.2) is 9.59 Å². The fourth-order valence-corrected chi connectivity index (χ4v) is 2.59. The number of carbonyl (C=O) groups excluding carboxylic acids is 1. The summed E-state index contributed by atoms with van der Waals surface area (Å²) in [5, 5.41) is 8.74. The number of carboxylic acid groups (broad SMARTS) is 1. The molecule has 0 aromatic carbocycles. The van der Waals surface area contributed by atoms with Crippen LogP contribution in [-0.2, 0) is 18.8 Å². The van der Waals surface area contributed by atoms with E-state index < -0.39 is 32.5 Å². The molecule has 6 heteroatoms. The molecule has 0 aromatic rings. The Bertz CT molecular complexity index is 420. The summed E-state index contributed by atoms with van der Waals surface area (Å²) in [4.78, 5) is 22.0. The summed E-state index contributed by atoms with van der Waals surface area (Å²) in [5.41, 5.74) is 0. The van der Waals surface area contributed by atoms with Gasteiger partial charge in [-0.15, -0.1) is 0 Å². The van der Waals surface area contributed by atoms with Crippen molar-refractivity contribution in [1.82, 2.24) is 0 Å². The van der Waals surface area contributed by atoms with Gasteiger partial charge in [0.25, 0.3) is 0 Å². The van der Waals surface area contributed by atoms with Crippen molar-refractivity contribution in [1.29, 1.82) is 0 Å². The standard InChI is InChI=1S/C15H26O5Si/c1-8-14(18)19-11(2)12(9-10-13(16)17)20-21(6,7)15(3,4)5/h8-12H,1H2,2-7H3,(H,16,17)/b10-9+/t11-,12+/m0/s1. The minimum atomic E-state index is -2.13. The van der Waals surface area contributed by atoms with E-state index in [-0.39, 0.29) is 5.04 Å². The van der Waals surface area contributed by atoms with Gasteiger partial charge in [-0.05, 0) is 31.1 Å². The van der Waals surface area contributed by atoms with E-state index in [2.05, 4.69) is 40.4 Å². The molecular formula is C15H26O5Si. The number of esters is 1. The molecule has 5 nitrogen and oxygen atoms in total. The lowest BCUT2D eigenvalue weighted by Crippen LogP contribution is -2.46. The molecule has 0 saturated carbocycles. The molecule has 0 fully saturated rings. The van der Waals surface area contributed by atoms with Gasteiger partial charge in [-0.3, -0.25) is 0 Å². The molecular weight excluding hydrogens is 288 g/mol. The van der Waals surface area contributed by atoms with Crippen LogP contribution in [0.25, 0.3) is 0 Å². The lowest BCUT2D eigenvalue weighted by Gasteiger charge is -2.39. The zero-order valence-corrected chi connectivity index (χ0v) is 14.7. The van der Waals surface area contributed by atoms with Gasteiger partial charge < -0.3 is 14.3 Å². The van der Waals surface area contributed by atoms with E-state index in [4.69, 9.17) is 14.3 Å². The van der Waals surface area contributed by atoms with E-state index in [1.165, 1.54) is 6.08 Å². The van der Waals surface area contributed by atoms with E-state index in [0.717, 1.165) is 12.2 Å². The Hall–Kier alpha value is -1.40. The molecule has 0 aliphatic heterocycles. The zero-order chi connectivity index (χ0) is 16.8. The minimum Gasteiger partial charge on any atom is -0.478 e. The first-order chi connectivity index (χ1) is 9.40. The Morgan fingerprint density at radius 3 is 2.19 bits per heavy atom. The Morgan fingerprint density at radius 2 is 1.81 bits per heavy atom. The average Bonchev–Trinajstić information content (AvgIpc) is 2.32. The summed E-state index contributed by atoms with van der Waals surface area (Å²) in [6.45, 7) is 15.4. The molecule has 0 bridgehead atoms. The number of carboxylic acids is 1. The van der Waals surface area contributed by atoms with Gasteiger partial charge in [0.1, 0.15) is 12.2 Å². The maximum atomic E-state index is 11.3. The zero-order valence-electron chi connectivity index (χ0n) is 13.7. The molecule has 0 aliphatic carbocycles. The number of hydrogen-bond acceptors (Lipinski definition) is 4. The van der Waals surface area contributed by atoms with Crippen LogP contribution < -0.4 is 0 Å².